The minimum absolute atomic E-state index is 0.0355. The molecule has 2 aromatic rings. The fraction of sp³-hybridized carbons (Fsp3) is 0.167. The van der Waals surface area contributed by atoms with Gasteiger partial charge in [0.15, 0.2) is 0 Å². The van der Waals surface area contributed by atoms with Gasteiger partial charge in [0.1, 0.15) is 0 Å². The zero-order valence-electron chi connectivity index (χ0n) is 13.8. The normalized spacial score (nSPS) is 16.2. The van der Waals surface area contributed by atoms with Crippen LogP contribution in [-0.2, 0) is 9.53 Å². The second-order valence-electron chi connectivity index (χ2n) is 5.63. The van der Waals surface area contributed by atoms with E-state index < -0.39 is 16.9 Å². The van der Waals surface area contributed by atoms with E-state index in [4.69, 9.17) is 4.74 Å². The van der Waals surface area contributed by atoms with Crippen LogP contribution in [0.15, 0.2) is 59.8 Å². The average molecular weight is 339 g/mol. The number of nitro groups is 1. The van der Waals surface area contributed by atoms with Crippen molar-refractivity contribution in [3.05, 3.63) is 75.5 Å². The predicted octanol–water partition coefficient (Wildman–Crippen LogP) is 3.62. The first-order valence-corrected chi connectivity index (χ1v) is 7.67. The first kappa shape index (κ1) is 16.5. The lowest BCUT2D eigenvalue weighted by Gasteiger charge is -2.21. The maximum atomic E-state index is 12.4. The Bertz CT molecular complexity index is 876. The first-order valence-electron chi connectivity index (χ1n) is 7.67. The van der Waals surface area contributed by atoms with Gasteiger partial charge in [0.05, 0.1) is 35.0 Å². The topological polar surface area (TPSA) is 93.5 Å². The SMILES string of the molecule is COC(=O)C1=C(C)Nc2ccccc2NC1c1cccc([N+](=O)[O-])c1. The van der Waals surface area contributed by atoms with Crippen LogP contribution < -0.4 is 10.6 Å². The summed E-state index contributed by atoms with van der Waals surface area (Å²) in [5.41, 5.74) is 3.17. The van der Waals surface area contributed by atoms with Crippen LogP contribution in [0.25, 0.3) is 0 Å². The largest absolute Gasteiger partial charge is 0.466 e. The Morgan fingerprint density at radius 2 is 1.88 bits per heavy atom. The molecule has 128 valence electrons. The molecule has 0 radical (unpaired) electrons. The quantitative estimate of drug-likeness (QED) is 0.504. The molecule has 1 aliphatic heterocycles. The fourth-order valence-electron chi connectivity index (χ4n) is 2.88. The van der Waals surface area contributed by atoms with Crippen molar-refractivity contribution in [3.8, 4) is 0 Å². The van der Waals surface area contributed by atoms with Gasteiger partial charge in [-0.3, -0.25) is 10.1 Å². The number of carbonyl (C=O) groups excluding carboxylic acids is 1. The van der Waals surface area contributed by atoms with Crippen molar-refractivity contribution in [1.82, 2.24) is 0 Å². The van der Waals surface area contributed by atoms with Crippen LogP contribution in [0.5, 0.6) is 0 Å². The number of anilines is 2. The summed E-state index contributed by atoms with van der Waals surface area (Å²) in [7, 11) is 1.31. The van der Waals surface area contributed by atoms with E-state index in [9.17, 15) is 14.9 Å². The van der Waals surface area contributed by atoms with Crippen molar-refractivity contribution in [1.29, 1.82) is 0 Å². The molecule has 1 atom stereocenters. The zero-order chi connectivity index (χ0) is 18.0. The Hall–Kier alpha value is -3.35. The third-order valence-corrected chi connectivity index (χ3v) is 4.06. The number of hydrogen-bond donors (Lipinski definition) is 2. The van der Waals surface area contributed by atoms with Gasteiger partial charge >= 0.3 is 5.97 Å². The number of ether oxygens (including phenoxy) is 1. The number of para-hydroxylation sites is 2. The summed E-state index contributed by atoms with van der Waals surface area (Å²) >= 11 is 0. The first-order chi connectivity index (χ1) is 12.0. The molecule has 25 heavy (non-hydrogen) atoms. The van der Waals surface area contributed by atoms with E-state index in [0.29, 0.717) is 16.8 Å². The fourth-order valence-corrected chi connectivity index (χ4v) is 2.88. The van der Waals surface area contributed by atoms with Gasteiger partial charge in [0, 0.05) is 17.8 Å². The van der Waals surface area contributed by atoms with E-state index in [2.05, 4.69) is 10.6 Å². The molecule has 1 aliphatic rings. The van der Waals surface area contributed by atoms with E-state index in [0.717, 1.165) is 11.4 Å². The number of benzene rings is 2. The molecule has 0 bridgehead atoms. The summed E-state index contributed by atoms with van der Waals surface area (Å²) in [6.45, 7) is 1.78. The summed E-state index contributed by atoms with van der Waals surface area (Å²) in [6.07, 6.45) is 0. The number of non-ortho nitro benzene ring substituents is 1. The van der Waals surface area contributed by atoms with Gasteiger partial charge in [0.2, 0.25) is 0 Å². The van der Waals surface area contributed by atoms with Gasteiger partial charge in [-0.05, 0) is 24.6 Å². The highest BCUT2D eigenvalue weighted by Crippen LogP contribution is 2.37. The summed E-state index contributed by atoms with van der Waals surface area (Å²) < 4.78 is 4.93. The lowest BCUT2D eigenvalue weighted by atomic mass is 9.96. The highest BCUT2D eigenvalue weighted by molar-refractivity contribution is 5.94. The molecule has 0 fully saturated rings. The monoisotopic (exact) mass is 339 g/mol. The van der Waals surface area contributed by atoms with Gasteiger partial charge in [-0.1, -0.05) is 24.3 Å². The van der Waals surface area contributed by atoms with Gasteiger partial charge in [-0.2, -0.15) is 0 Å². The number of nitro benzene ring substituents is 1. The van der Waals surface area contributed by atoms with E-state index >= 15 is 0 Å². The second-order valence-corrected chi connectivity index (χ2v) is 5.63. The van der Waals surface area contributed by atoms with Gasteiger partial charge in [0.25, 0.3) is 5.69 Å². The summed E-state index contributed by atoms with van der Waals surface area (Å²) in [5.74, 6) is -0.498. The third-order valence-electron chi connectivity index (χ3n) is 4.06. The second kappa shape index (κ2) is 6.64. The van der Waals surface area contributed by atoms with E-state index in [1.807, 2.05) is 24.3 Å². The minimum Gasteiger partial charge on any atom is -0.466 e. The molecular weight excluding hydrogens is 322 g/mol. The van der Waals surface area contributed by atoms with Crippen molar-refractivity contribution >= 4 is 23.0 Å². The van der Waals surface area contributed by atoms with E-state index in [1.54, 1.807) is 19.1 Å². The van der Waals surface area contributed by atoms with Crippen LogP contribution in [0.3, 0.4) is 0 Å². The van der Waals surface area contributed by atoms with Crippen LogP contribution in [-0.4, -0.2) is 18.0 Å². The maximum Gasteiger partial charge on any atom is 0.337 e. The number of esters is 1. The number of fused-ring (bicyclic) bond motifs is 1. The molecule has 0 saturated carbocycles. The third kappa shape index (κ3) is 3.16. The summed E-state index contributed by atoms with van der Waals surface area (Å²) in [6, 6.07) is 13.2. The highest BCUT2D eigenvalue weighted by Gasteiger charge is 2.30. The number of hydrogen-bond acceptors (Lipinski definition) is 6. The molecule has 7 nitrogen and oxygen atoms in total. The molecule has 1 unspecified atom stereocenters. The van der Waals surface area contributed by atoms with Crippen molar-refractivity contribution in [3.63, 3.8) is 0 Å². The van der Waals surface area contributed by atoms with Crippen LogP contribution >= 0.6 is 0 Å². The molecule has 0 aliphatic carbocycles. The zero-order valence-corrected chi connectivity index (χ0v) is 13.8. The molecular formula is C18H17N3O4. The standard InChI is InChI=1S/C18H17N3O4/c1-11-16(18(22)25-2)17(12-6-5-7-13(10-12)21(23)24)20-15-9-4-3-8-14(15)19-11/h3-10,17,19-20H,1-2H3. The van der Waals surface area contributed by atoms with Crippen molar-refractivity contribution in [2.45, 2.75) is 13.0 Å². The van der Waals surface area contributed by atoms with Gasteiger partial charge < -0.3 is 15.4 Å². The summed E-state index contributed by atoms with van der Waals surface area (Å²) in [5, 5.41) is 17.6. The van der Waals surface area contributed by atoms with Crippen molar-refractivity contribution < 1.29 is 14.5 Å². The smallest absolute Gasteiger partial charge is 0.337 e. The molecule has 0 aromatic heterocycles. The van der Waals surface area contributed by atoms with Crippen LogP contribution in [0.1, 0.15) is 18.5 Å². The van der Waals surface area contributed by atoms with E-state index in [1.165, 1.54) is 19.2 Å². The lowest BCUT2D eigenvalue weighted by molar-refractivity contribution is -0.384. The van der Waals surface area contributed by atoms with Crippen LogP contribution in [0.2, 0.25) is 0 Å². The number of nitrogens with one attached hydrogen (secondary N) is 2. The van der Waals surface area contributed by atoms with Crippen LogP contribution in [0, 0.1) is 10.1 Å². The molecule has 2 aromatic carbocycles. The average Bonchev–Trinajstić information content (AvgIpc) is 2.76. The number of nitrogens with zero attached hydrogens (tertiary/aromatic N) is 1. The Morgan fingerprint density at radius 3 is 2.56 bits per heavy atom. The Kier molecular flexibility index (Phi) is 4.38. The highest BCUT2D eigenvalue weighted by atomic mass is 16.6. The maximum absolute atomic E-state index is 12.4. The molecule has 0 amide bonds. The lowest BCUT2D eigenvalue weighted by Crippen LogP contribution is -2.21. The van der Waals surface area contributed by atoms with Crippen molar-refractivity contribution in [2.24, 2.45) is 0 Å². The summed E-state index contributed by atoms with van der Waals surface area (Å²) in [4.78, 5) is 23.0. The van der Waals surface area contributed by atoms with Gasteiger partial charge in [-0.15, -0.1) is 0 Å². The Morgan fingerprint density at radius 1 is 1.16 bits per heavy atom. The Balaban J connectivity index is 2.16. The molecule has 7 heteroatoms. The molecule has 1 heterocycles. The van der Waals surface area contributed by atoms with Crippen molar-refractivity contribution in [2.75, 3.05) is 17.7 Å². The van der Waals surface area contributed by atoms with E-state index in [-0.39, 0.29) is 5.69 Å². The number of carbonyl (C=O) groups is 1. The molecule has 3 rings (SSSR count). The molecule has 0 saturated heterocycles. The molecule has 2 N–H and O–H groups in total. The minimum atomic E-state index is -0.580. The number of allylic oxidation sites excluding steroid dienone is 1. The predicted molar refractivity (Wildman–Crippen MR) is 94.2 cm³/mol. The van der Waals surface area contributed by atoms with Gasteiger partial charge in [-0.25, -0.2) is 4.79 Å². The number of methoxy groups -OCH3 is 1. The Labute approximate surface area is 144 Å². The number of rotatable bonds is 3. The van der Waals surface area contributed by atoms with Crippen LogP contribution in [0.4, 0.5) is 17.1 Å². The molecule has 0 spiro atoms.